The van der Waals surface area contributed by atoms with E-state index in [4.69, 9.17) is 10.1 Å². The maximum atomic E-state index is 13.1. The van der Waals surface area contributed by atoms with Crippen LogP contribution in [0.2, 0.25) is 0 Å². The Hall–Kier alpha value is -1.24. The zero-order chi connectivity index (χ0) is 16.0. The summed E-state index contributed by atoms with van der Waals surface area (Å²) < 4.78 is 1.91. The van der Waals surface area contributed by atoms with E-state index < -0.39 is 0 Å². The minimum absolute atomic E-state index is 0.0983. The number of aromatic nitrogens is 2. The second-order valence-electron chi connectivity index (χ2n) is 6.87. The molecular formula is C17H23N3O2S. The first-order chi connectivity index (χ1) is 11.2. The Morgan fingerprint density at radius 3 is 2.96 bits per heavy atom. The number of thiophene rings is 1. The maximum absolute atomic E-state index is 13.1. The number of hydrogen-bond acceptors (Lipinski definition) is 5. The van der Waals surface area contributed by atoms with Gasteiger partial charge in [-0.2, -0.15) is 0 Å². The molecule has 0 spiro atoms. The number of rotatable bonds is 5. The van der Waals surface area contributed by atoms with Gasteiger partial charge in [-0.05, 0) is 43.6 Å². The van der Waals surface area contributed by atoms with Gasteiger partial charge in [-0.3, -0.25) is 9.36 Å². The number of hydrogen-bond donors (Lipinski definition) is 2. The minimum Gasteiger partial charge on any atom is -0.395 e. The first-order valence-electron chi connectivity index (χ1n) is 8.56. The average molecular weight is 333 g/mol. The van der Waals surface area contributed by atoms with Crippen LogP contribution >= 0.6 is 11.3 Å². The molecule has 2 aliphatic carbocycles. The third-order valence-corrected chi connectivity index (χ3v) is 6.07. The molecule has 2 N–H and O–H groups in total. The van der Waals surface area contributed by atoms with Crippen LogP contribution in [0.25, 0.3) is 10.2 Å². The van der Waals surface area contributed by atoms with Gasteiger partial charge in [0.05, 0.1) is 18.5 Å². The molecule has 0 aromatic carbocycles. The standard InChI is InChI=1S/C17H23N3O2S/c1-10-2-5-12-13(8-10)23-16-15(12)17(22)20(11-3-4-11)14(19-16)9-18-6-7-21/h10-11,18,21H,2-9H2,1H3. The molecule has 0 radical (unpaired) electrons. The molecule has 2 aromatic heterocycles. The van der Waals surface area contributed by atoms with Crippen LogP contribution in [0.3, 0.4) is 0 Å². The summed E-state index contributed by atoms with van der Waals surface area (Å²) in [6, 6.07) is 0.323. The highest BCUT2D eigenvalue weighted by atomic mass is 32.1. The van der Waals surface area contributed by atoms with Crippen molar-refractivity contribution in [1.29, 1.82) is 0 Å². The Morgan fingerprint density at radius 1 is 1.39 bits per heavy atom. The van der Waals surface area contributed by atoms with Crippen molar-refractivity contribution >= 4 is 21.6 Å². The van der Waals surface area contributed by atoms with Crippen LogP contribution in [0, 0.1) is 5.92 Å². The van der Waals surface area contributed by atoms with Gasteiger partial charge < -0.3 is 10.4 Å². The zero-order valence-corrected chi connectivity index (χ0v) is 14.3. The van der Waals surface area contributed by atoms with Gasteiger partial charge in [0.1, 0.15) is 10.7 Å². The number of aliphatic hydroxyl groups is 1. The Kier molecular flexibility index (Phi) is 3.99. The molecule has 0 aliphatic heterocycles. The molecule has 2 aliphatic rings. The molecule has 6 heteroatoms. The SMILES string of the molecule is CC1CCc2c(sc3nc(CNCCO)n(C4CC4)c(=O)c23)C1. The van der Waals surface area contributed by atoms with Crippen molar-refractivity contribution in [3.8, 4) is 0 Å². The van der Waals surface area contributed by atoms with E-state index in [0.29, 0.717) is 25.0 Å². The first-order valence-corrected chi connectivity index (χ1v) is 9.38. The first kappa shape index (κ1) is 15.3. The molecule has 23 heavy (non-hydrogen) atoms. The highest BCUT2D eigenvalue weighted by Gasteiger charge is 2.30. The second-order valence-corrected chi connectivity index (χ2v) is 7.95. The second kappa shape index (κ2) is 6.00. The fourth-order valence-corrected chi connectivity index (χ4v) is 4.95. The van der Waals surface area contributed by atoms with Gasteiger partial charge in [0.15, 0.2) is 0 Å². The van der Waals surface area contributed by atoms with Gasteiger partial charge in [0.25, 0.3) is 5.56 Å². The van der Waals surface area contributed by atoms with Crippen molar-refractivity contribution in [2.45, 2.75) is 51.6 Å². The Bertz CT molecular complexity index is 791. The van der Waals surface area contributed by atoms with Crippen molar-refractivity contribution in [3.05, 3.63) is 26.6 Å². The van der Waals surface area contributed by atoms with Crippen molar-refractivity contribution in [2.24, 2.45) is 5.92 Å². The van der Waals surface area contributed by atoms with Crippen molar-refractivity contribution < 1.29 is 5.11 Å². The van der Waals surface area contributed by atoms with Gasteiger partial charge in [-0.25, -0.2) is 4.98 Å². The van der Waals surface area contributed by atoms with E-state index in [2.05, 4.69) is 12.2 Å². The minimum atomic E-state index is 0.0983. The number of nitrogens with one attached hydrogen (secondary N) is 1. The Labute approximate surface area is 139 Å². The van der Waals surface area contributed by atoms with Gasteiger partial charge >= 0.3 is 0 Å². The molecule has 2 heterocycles. The van der Waals surface area contributed by atoms with Crippen molar-refractivity contribution in [2.75, 3.05) is 13.2 Å². The smallest absolute Gasteiger partial charge is 0.262 e. The summed E-state index contributed by atoms with van der Waals surface area (Å²) in [4.78, 5) is 20.2. The molecule has 5 nitrogen and oxygen atoms in total. The van der Waals surface area contributed by atoms with E-state index in [-0.39, 0.29) is 12.2 Å². The molecule has 0 saturated heterocycles. The lowest BCUT2D eigenvalue weighted by Gasteiger charge is -2.17. The molecule has 0 amide bonds. The van der Waals surface area contributed by atoms with Crippen LogP contribution in [-0.2, 0) is 19.4 Å². The van der Waals surface area contributed by atoms with E-state index in [1.807, 2.05) is 4.57 Å². The average Bonchev–Trinajstić information content (AvgIpc) is 3.28. The molecule has 2 aromatic rings. The lowest BCUT2D eigenvalue weighted by atomic mass is 9.89. The topological polar surface area (TPSA) is 67.2 Å². The lowest BCUT2D eigenvalue weighted by molar-refractivity contribution is 0.291. The summed E-state index contributed by atoms with van der Waals surface area (Å²) in [6.07, 6.45) is 5.41. The molecule has 1 unspecified atom stereocenters. The van der Waals surface area contributed by atoms with Gasteiger partial charge in [0.2, 0.25) is 0 Å². The fraction of sp³-hybridized carbons (Fsp3) is 0.647. The normalized spacial score (nSPS) is 20.9. The summed E-state index contributed by atoms with van der Waals surface area (Å²) in [5.41, 5.74) is 1.43. The fourth-order valence-electron chi connectivity index (χ4n) is 3.56. The number of aryl methyl sites for hydroxylation is 1. The van der Waals surface area contributed by atoms with Gasteiger partial charge in [-0.1, -0.05) is 6.92 Å². The Balaban J connectivity index is 1.83. The third-order valence-electron chi connectivity index (χ3n) is 4.92. The molecule has 124 valence electrons. The molecule has 0 bridgehead atoms. The third kappa shape index (κ3) is 2.73. The van der Waals surface area contributed by atoms with E-state index in [9.17, 15) is 4.79 Å². The van der Waals surface area contributed by atoms with Gasteiger partial charge in [-0.15, -0.1) is 11.3 Å². The summed E-state index contributed by atoms with van der Waals surface area (Å²) in [6.45, 7) is 3.45. The maximum Gasteiger partial charge on any atom is 0.262 e. The predicted molar refractivity (Wildman–Crippen MR) is 92.1 cm³/mol. The van der Waals surface area contributed by atoms with Gasteiger partial charge in [0, 0.05) is 17.5 Å². The summed E-state index contributed by atoms with van der Waals surface area (Å²) >= 11 is 1.71. The summed E-state index contributed by atoms with van der Waals surface area (Å²) in [7, 11) is 0. The summed E-state index contributed by atoms with van der Waals surface area (Å²) in [5, 5.41) is 13.0. The van der Waals surface area contributed by atoms with Crippen LogP contribution in [0.4, 0.5) is 0 Å². The van der Waals surface area contributed by atoms with Crippen LogP contribution in [0.15, 0.2) is 4.79 Å². The van der Waals surface area contributed by atoms with Crippen LogP contribution in [0.1, 0.15) is 48.5 Å². The quantitative estimate of drug-likeness (QED) is 0.821. The summed E-state index contributed by atoms with van der Waals surface area (Å²) in [5.74, 6) is 1.53. The van der Waals surface area contributed by atoms with Crippen molar-refractivity contribution in [3.63, 3.8) is 0 Å². The highest BCUT2D eigenvalue weighted by Crippen LogP contribution is 2.38. The zero-order valence-electron chi connectivity index (χ0n) is 13.5. The number of aliphatic hydroxyl groups excluding tert-OH is 1. The van der Waals surface area contributed by atoms with E-state index >= 15 is 0 Å². The monoisotopic (exact) mass is 333 g/mol. The lowest BCUT2D eigenvalue weighted by Crippen LogP contribution is -2.29. The molecular weight excluding hydrogens is 310 g/mol. The van der Waals surface area contributed by atoms with Crippen LogP contribution in [0.5, 0.6) is 0 Å². The molecule has 1 saturated carbocycles. The molecule has 1 fully saturated rings. The highest BCUT2D eigenvalue weighted by molar-refractivity contribution is 7.18. The van der Waals surface area contributed by atoms with E-state index in [1.54, 1.807) is 11.3 Å². The van der Waals surface area contributed by atoms with Crippen LogP contribution < -0.4 is 10.9 Å². The predicted octanol–water partition coefficient (Wildman–Crippen LogP) is 2.00. The molecule has 1 atom stereocenters. The Morgan fingerprint density at radius 2 is 2.22 bits per heavy atom. The number of nitrogens with zero attached hydrogens (tertiary/aromatic N) is 2. The van der Waals surface area contributed by atoms with E-state index in [0.717, 1.165) is 41.7 Å². The number of fused-ring (bicyclic) bond motifs is 3. The van der Waals surface area contributed by atoms with Crippen LogP contribution in [-0.4, -0.2) is 27.8 Å². The molecule has 4 rings (SSSR count). The van der Waals surface area contributed by atoms with Crippen molar-refractivity contribution in [1.82, 2.24) is 14.9 Å². The largest absolute Gasteiger partial charge is 0.395 e. The van der Waals surface area contributed by atoms with E-state index in [1.165, 1.54) is 16.9 Å².